The lowest BCUT2D eigenvalue weighted by Crippen LogP contribution is -2.16. The summed E-state index contributed by atoms with van der Waals surface area (Å²) < 4.78 is 10.4. The monoisotopic (exact) mass is 350 g/mol. The number of nitrogens with zero attached hydrogens (tertiary/aromatic N) is 2. The number of methoxy groups -OCH3 is 2. The van der Waals surface area contributed by atoms with Gasteiger partial charge < -0.3 is 20.9 Å². The van der Waals surface area contributed by atoms with Crippen molar-refractivity contribution in [3.05, 3.63) is 65.9 Å². The van der Waals surface area contributed by atoms with E-state index in [2.05, 4.69) is 9.97 Å². The maximum atomic E-state index is 6.40. The third-order valence-corrected chi connectivity index (χ3v) is 4.08. The maximum absolute atomic E-state index is 6.40. The van der Waals surface area contributed by atoms with Gasteiger partial charge in [0.25, 0.3) is 0 Å². The second-order valence-corrected chi connectivity index (χ2v) is 5.95. The van der Waals surface area contributed by atoms with E-state index in [1.54, 1.807) is 7.11 Å². The summed E-state index contributed by atoms with van der Waals surface area (Å²) in [5.41, 5.74) is 16.4. The van der Waals surface area contributed by atoms with Crippen molar-refractivity contribution in [1.82, 2.24) is 9.97 Å². The summed E-state index contributed by atoms with van der Waals surface area (Å²) in [6.45, 7) is 0. The van der Waals surface area contributed by atoms with Crippen molar-refractivity contribution in [2.75, 3.05) is 20.0 Å². The molecular formula is C20H22N4O2. The molecule has 26 heavy (non-hydrogen) atoms. The Morgan fingerprint density at radius 1 is 0.962 bits per heavy atom. The number of ether oxygens (including phenoxy) is 2. The van der Waals surface area contributed by atoms with Crippen LogP contribution < -0.4 is 20.9 Å². The lowest BCUT2D eigenvalue weighted by molar-refractivity contribution is 0.377. The number of rotatable bonds is 6. The maximum Gasteiger partial charge on any atom is 0.316 e. The number of aromatic nitrogens is 2. The summed E-state index contributed by atoms with van der Waals surface area (Å²) >= 11 is 0. The molecule has 2 aromatic carbocycles. The fraction of sp³-hybridized carbons (Fsp3) is 0.200. The Morgan fingerprint density at radius 3 is 2.38 bits per heavy atom. The van der Waals surface area contributed by atoms with Gasteiger partial charge in [-0.05, 0) is 42.3 Å². The van der Waals surface area contributed by atoms with E-state index in [9.17, 15) is 0 Å². The minimum absolute atomic E-state index is 0.283. The molecule has 6 heteroatoms. The van der Waals surface area contributed by atoms with E-state index in [4.69, 9.17) is 20.9 Å². The highest BCUT2D eigenvalue weighted by molar-refractivity contribution is 5.64. The summed E-state index contributed by atoms with van der Waals surface area (Å²) in [7, 11) is 3.18. The van der Waals surface area contributed by atoms with Crippen LogP contribution in [0.1, 0.15) is 17.3 Å². The summed E-state index contributed by atoms with van der Waals surface area (Å²) in [6, 6.07) is 17.2. The van der Waals surface area contributed by atoms with Gasteiger partial charge in [0.1, 0.15) is 5.75 Å². The fourth-order valence-electron chi connectivity index (χ4n) is 2.69. The van der Waals surface area contributed by atoms with Crippen molar-refractivity contribution in [2.45, 2.75) is 12.5 Å². The molecule has 0 aliphatic heterocycles. The van der Waals surface area contributed by atoms with Crippen LogP contribution in [0.2, 0.25) is 0 Å². The van der Waals surface area contributed by atoms with Gasteiger partial charge in [-0.3, -0.25) is 0 Å². The standard InChI is InChI=1S/C20H22N4O2/c1-25-16-8-6-13(7-9-16)10-17(22)19-12-18(23-20(24-19)26-2)14-4-3-5-15(21)11-14/h3-9,11-12,17H,10,21-22H2,1-2H3. The van der Waals surface area contributed by atoms with Crippen LogP contribution in [-0.2, 0) is 6.42 Å². The van der Waals surface area contributed by atoms with Gasteiger partial charge in [0.2, 0.25) is 0 Å². The van der Waals surface area contributed by atoms with Crippen LogP contribution in [0.3, 0.4) is 0 Å². The molecule has 0 saturated carbocycles. The van der Waals surface area contributed by atoms with E-state index in [-0.39, 0.29) is 12.1 Å². The van der Waals surface area contributed by atoms with Crippen molar-refractivity contribution < 1.29 is 9.47 Å². The van der Waals surface area contributed by atoms with E-state index in [1.807, 2.05) is 54.6 Å². The van der Waals surface area contributed by atoms with Gasteiger partial charge in [0.15, 0.2) is 0 Å². The first-order valence-corrected chi connectivity index (χ1v) is 8.26. The van der Waals surface area contributed by atoms with Crippen LogP contribution in [0.4, 0.5) is 5.69 Å². The van der Waals surface area contributed by atoms with Crippen molar-refractivity contribution in [1.29, 1.82) is 0 Å². The summed E-state index contributed by atoms with van der Waals surface area (Å²) in [5.74, 6) is 0.815. The van der Waals surface area contributed by atoms with Crippen LogP contribution in [-0.4, -0.2) is 24.2 Å². The zero-order chi connectivity index (χ0) is 18.5. The Labute approximate surface area is 152 Å². The number of hydrogen-bond acceptors (Lipinski definition) is 6. The van der Waals surface area contributed by atoms with Crippen molar-refractivity contribution in [3.63, 3.8) is 0 Å². The Kier molecular flexibility index (Phi) is 5.34. The first-order valence-electron chi connectivity index (χ1n) is 8.26. The van der Waals surface area contributed by atoms with E-state index in [1.165, 1.54) is 7.11 Å². The third kappa shape index (κ3) is 4.10. The molecule has 0 spiro atoms. The van der Waals surface area contributed by atoms with Crippen LogP contribution >= 0.6 is 0 Å². The molecule has 6 nitrogen and oxygen atoms in total. The number of hydrogen-bond donors (Lipinski definition) is 2. The van der Waals surface area contributed by atoms with Crippen molar-refractivity contribution in [3.8, 4) is 23.0 Å². The molecule has 0 fully saturated rings. The molecule has 3 rings (SSSR count). The highest BCUT2D eigenvalue weighted by Crippen LogP contribution is 2.25. The third-order valence-electron chi connectivity index (χ3n) is 4.08. The van der Waals surface area contributed by atoms with Crippen LogP contribution in [0.25, 0.3) is 11.3 Å². The van der Waals surface area contributed by atoms with Crippen LogP contribution in [0.15, 0.2) is 54.6 Å². The minimum atomic E-state index is -0.292. The van der Waals surface area contributed by atoms with Gasteiger partial charge in [-0.2, -0.15) is 9.97 Å². The average molecular weight is 350 g/mol. The van der Waals surface area contributed by atoms with E-state index < -0.39 is 0 Å². The number of anilines is 1. The molecule has 0 aliphatic rings. The normalized spacial score (nSPS) is 11.8. The smallest absolute Gasteiger partial charge is 0.316 e. The molecule has 4 N–H and O–H groups in total. The van der Waals surface area contributed by atoms with Gasteiger partial charge >= 0.3 is 6.01 Å². The number of benzene rings is 2. The first-order chi connectivity index (χ1) is 12.6. The highest BCUT2D eigenvalue weighted by Gasteiger charge is 2.14. The first kappa shape index (κ1) is 17.7. The molecule has 0 radical (unpaired) electrons. The zero-order valence-corrected chi connectivity index (χ0v) is 14.8. The number of nitrogen functional groups attached to an aromatic ring is 1. The summed E-state index contributed by atoms with van der Waals surface area (Å²) in [4.78, 5) is 8.83. The Balaban J connectivity index is 1.89. The second-order valence-electron chi connectivity index (χ2n) is 5.95. The predicted octanol–water partition coefficient (Wildman–Crippen LogP) is 2.99. The van der Waals surface area contributed by atoms with E-state index in [0.717, 1.165) is 22.6 Å². The zero-order valence-electron chi connectivity index (χ0n) is 14.8. The largest absolute Gasteiger partial charge is 0.497 e. The van der Waals surface area contributed by atoms with Gasteiger partial charge in [0.05, 0.1) is 31.6 Å². The molecule has 1 aromatic heterocycles. The van der Waals surface area contributed by atoms with Gasteiger partial charge in [0, 0.05) is 11.3 Å². The van der Waals surface area contributed by atoms with E-state index >= 15 is 0 Å². The topological polar surface area (TPSA) is 96.3 Å². The molecule has 0 aliphatic carbocycles. The Hall–Kier alpha value is -3.12. The molecule has 0 saturated heterocycles. The Bertz CT molecular complexity index is 881. The lowest BCUT2D eigenvalue weighted by Gasteiger charge is -2.14. The van der Waals surface area contributed by atoms with Crippen LogP contribution in [0.5, 0.6) is 11.8 Å². The van der Waals surface area contributed by atoms with Crippen molar-refractivity contribution in [2.24, 2.45) is 5.73 Å². The van der Waals surface area contributed by atoms with Crippen LogP contribution in [0, 0.1) is 0 Å². The lowest BCUT2D eigenvalue weighted by atomic mass is 10.0. The minimum Gasteiger partial charge on any atom is -0.497 e. The summed E-state index contributed by atoms with van der Waals surface area (Å²) in [5, 5.41) is 0. The molecule has 1 atom stereocenters. The molecular weight excluding hydrogens is 328 g/mol. The summed E-state index contributed by atoms with van der Waals surface area (Å²) in [6.07, 6.45) is 0.639. The second kappa shape index (κ2) is 7.84. The average Bonchev–Trinajstić information content (AvgIpc) is 2.68. The van der Waals surface area contributed by atoms with Gasteiger partial charge in [-0.15, -0.1) is 0 Å². The SMILES string of the molecule is COc1ccc(CC(N)c2cc(-c3cccc(N)c3)nc(OC)n2)cc1. The van der Waals surface area contributed by atoms with Gasteiger partial charge in [-0.25, -0.2) is 0 Å². The molecule has 134 valence electrons. The highest BCUT2D eigenvalue weighted by atomic mass is 16.5. The number of nitrogens with two attached hydrogens (primary N) is 2. The molecule has 1 heterocycles. The van der Waals surface area contributed by atoms with E-state index in [0.29, 0.717) is 17.8 Å². The molecule has 0 bridgehead atoms. The fourth-order valence-corrected chi connectivity index (χ4v) is 2.69. The quantitative estimate of drug-likeness (QED) is 0.664. The molecule has 1 unspecified atom stereocenters. The van der Waals surface area contributed by atoms with Crippen molar-refractivity contribution >= 4 is 5.69 Å². The Morgan fingerprint density at radius 2 is 1.73 bits per heavy atom. The van der Waals surface area contributed by atoms with Gasteiger partial charge in [-0.1, -0.05) is 24.3 Å². The predicted molar refractivity (Wildman–Crippen MR) is 102 cm³/mol. The molecule has 0 amide bonds. The molecule has 3 aromatic rings.